The third kappa shape index (κ3) is 2.16. The monoisotopic (exact) mass is 221 g/mol. The van der Waals surface area contributed by atoms with Crippen LogP contribution in [0.4, 0.5) is 13.2 Å². The van der Waals surface area contributed by atoms with E-state index in [0.29, 0.717) is 0 Å². The van der Waals surface area contributed by atoms with Gasteiger partial charge in [-0.15, -0.1) is 0 Å². The molecular weight excluding hydrogens is 214 g/mol. The molecule has 0 unspecified atom stereocenters. The summed E-state index contributed by atoms with van der Waals surface area (Å²) in [5.74, 6) is -6.13. The summed E-state index contributed by atoms with van der Waals surface area (Å²) in [5, 5.41) is 17.3. The fraction of sp³-hybridized carbons (Fsp3) is 0.222. The number of halogens is 3. The van der Waals surface area contributed by atoms with Crippen molar-refractivity contribution in [3.05, 3.63) is 35.9 Å². The quantitative estimate of drug-likeness (QED) is 0.447. The molecule has 0 aromatic heterocycles. The van der Waals surface area contributed by atoms with Gasteiger partial charge in [-0.25, -0.2) is 0 Å². The number of carbonyl (C=O) groups excluding carboxylic acids is 1. The van der Waals surface area contributed by atoms with Gasteiger partial charge in [-0.1, -0.05) is 30.3 Å². The third-order valence-electron chi connectivity index (χ3n) is 1.75. The van der Waals surface area contributed by atoms with Crippen LogP contribution in [0.5, 0.6) is 0 Å². The van der Waals surface area contributed by atoms with Crippen LogP contribution in [-0.4, -0.2) is 28.0 Å². The molecule has 0 bridgehead atoms. The predicted octanol–water partition coefficient (Wildman–Crippen LogP) is 1.11. The number of hydrogen-bond acceptors (Lipinski definition) is 3. The molecule has 0 aliphatic heterocycles. The Labute approximate surface area is 82.8 Å². The van der Waals surface area contributed by atoms with E-state index >= 15 is 0 Å². The molecule has 0 aliphatic carbocycles. The molecule has 0 radical (unpaired) electrons. The molecule has 15 heavy (non-hydrogen) atoms. The highest BCUT2D eigenvalue weighted by molar-refractivity contribution is 6.01. The first-order chi connectivity index (χ1) is 6.77. The predicted molar refractivity (Wildman–Crippen MR) is 44.0 cm³/mol. The van der Waals surface area contributed by atoms with E-state index in [1.165, 1.54) is 18.2 Å². The van der Waals surface area contributed by atoms with Gasteiger partial charge in [0.1, 0.15) is 0 Å². The van der Waals surface area contributed by atoms with Crippen molar-refractivity contribution in [3.8, 4) is 0 Å². The highest BCUT2D eigenvalue weighted by Gasteiger charge is 2.58. The fourth-order valence-electron chi connectivity index (χ4n) is 0.920. The van der Waals surface area contributed by atoms with Crippen molar-refractivity contribution < 1.29 is 28.2 Å². The molecule has 0 atom stereocenters. The summed E-state index contributed by atoms with van der Waals surface area (Å²) in [6.07, 6.45) is -5.42. The highest BCUT2D eigenvalue weighted by Crippen LogP contribution is 2.30. The average Bonchev–Trinajstić information content (AvgIpc) is 2.16. The number of Topliss-reactive ketones (excluding diaryl/α,β-unsaturated/α-hetero) is 1. The van der Waals surface area contributed by atoms with E-state index < -0.39 is 23.3 Å². The standard InChI is InChI=1S/C9H7F3O3/c10-9(11,12)8(14,15)7(13)6-4-2-1-3-5-6/h1-5,14-15H/i7+1. The molecule has 0 heterocycles. The Balaban J connectivity index is 3.06. The molecule has 82 valence electrons. The first-order valence-electron chi connectivity index (χ1n) is 3.88. The topological polar surface area (TPSA) is 57.5 Å². The van der Waals surface area contributed by atoms with Crippen LogP contribution in [0.3, 0.4) is 0 Å². The molecule has 0 saturated heterocycles. The maximum Gasteiger partial charge on any atom is 0.451 e. The Bertz CT molecular complexity index is 357. The van der Waals surface area contributed by atoms with Gasteiger partial charge in [-0.05, 0) is 0 Å². The third-order valence-corrected chi connectivity index (χ3v) is 1.75. The summed E-state index contributed by atoms with van der Waals surface area (Å²) in [5.41, 5.74) is -0.417. The molecule has 0 amide bonds. The van der Waals surface area contributed by atoms with E-state index in [4.69, 9.17) is 10.2 Å². The van der Waals surface area contributed by atoms with Crippen molar-refractivity contribution in [3.63, 3.8) is 0 Å². The van der Waals surface area contributed by atoms with Gasteiger partial charge in [0.05, 0.1) is 0 Å². The first-order valence-corrected chi connectivity index (χ1v) is 3.88. The number of aliphatic hydroxyl groups is 2. The zero-order chi connectivity index (χ0) is 11.7. The SMILES string of the molecule is O=[13C](c1ccccc1)C(O)(O)C(F)(F)F. The van der Waals surface area contributed by atoms with E-state index in [9.17, 15) is 18.0 Å². The second kappa shape index (κ2) is 3.63. The van der Waals surface area contributed by atoms with Crippen molar-refractivity contribution in [2.75, 3.05) is 0 Å². The fourth-order valence-corrected chi connectivity index (χ4v) is 0.920. The lowest BCUT2D eigenvalue weighted by Gasteiger charge is -2.22. The second-order valence-corrected chi connectivity index (χ2v) is 2.87. The van der Waals surface area contributed by atoms with Crippen molar-refractivity contribution in [1.82, 2.24) is 0 Å². The summed E-state index contributed by atoms with van der Waals surface area (Å²) < 4.78 is 36.1. The van der Waals surface area contributed by atoms with Crippen LogP contribution in [0.2, 0.25) is 0 Å². The molecule has 0 aliphatic rings. The minimum atomic E-state index is -5.42. The lowest BCUT2D eigenvalue weighted by molar-refractivity contribution is -0.318. The first kappa shape index (κ1) is 11.7. The van der Waals surface area contributed by atoms with Crippen LogP contribution < -0.4 is 0 Å². The summed E-state index contributed by atoms with van der Waals surface area (Å²) >= 11 is 0. The lowest BCUT2D eigenvalue weighted by Crippen LogP contribution is -2.51. The summed E-state index contributed by atoms with van der Waals surface area (Å²) in [7, 11) is 0. The number of carbonyl (C=O) groups is 1. The number of hydrogen-bond donors (Lipinski definition) is 2. The molecule has 1 rings (SSSR count). The van der Waals surface area contributed by atoms with Gasteiger partial charge in [0.25, 0.3) is 0 Å². The molecule has 2 N–H and O–H groups in total. The minimum absolute atomic E-state index is 0.417. The molecule has 0 saturated carbocycles. The Morgan fingerprint density at radius 2 is 1.53 bits per heavy atom. The van der Waals surface area contributed by atoms with Gasteiger partial charge in [0.15, 0.2) is 0 Å². The van der Waals surface area contributed by atoms with Gasteiger partial charge in [0, 0.05) is 5.56 Å². The molecular formula is C9H7F3O3. The Kier molecular flexibility index (Phi) is 2.83. The van der Waals surface area contributed by atoms with Crippen molar-refractivity contribution in [1.29, 1.82) is 0 Å². The molecule has 1 aromatic rings. The largest absolute Gasteiger partial charge is 0.451 e. The molecule has 3 nitrogen and oxygen atoms in total. The van der Waals surface area contributed by atoms with E-state index in [-0.39, 0.29) is 0 Å². The number of ketones is 1. The molecule has 0 fully saturated rings. The van der Waals surface area contributed by atoms with Crippen LogP contribution in [0, 0.1) is 0 Å². The average molecular weight is 221 g/mol. The zero-order valence-electron chi connectivity index (χ0n) is 7.32. The van der Waals surface area contributed by atoms with Crippen LogP contribution in [0.25, 0.3) is 0 Å². The highest BCUT2D eigenvalue weighted by atomic mass is 19.4. The molecule has 6 heteroatoms. The van der Waals surface area contributed by atoms with Gasteiger partial charge < -0.3 is 10.2 Å². The van der Waals surface area contributed by atoms with Crippen LogP contribution in [0.15, 0.2) is 30.3 Å². The number of alkyl halides is 3. The molecule has 0 spiro atoms. The van der Waals surface area contributed by atoms with Gasteiger partial charge >= 0.3 is 12.0 Å². The van der Waals surface area contributed by atoms with Gasteiger partial charge in [0.2, 0.25) is 5.78 Å². The lowest BCUT2D eigenvalue weighted by atomic mass is 10.2. The zero-order valence-corrected chi connectivity index (χ0v) is 7.32. The summed E-state index contributed by atoms with van der Waals surface area (Å²) in [6, 6.07) is 6.25. The molecule has 1 aromatic carbocycles. The van der Waals surface area contributed by atoms with E-state index in [2.05, 4.69) is 0 Å². The Hall–Kier alpha value is -1.40. The van der Waals surface area contributed by atoms with Crippen molar-refractivity contribution in [2.45, 2.75) is 12.0 Å². The summed E-state index contributed by atoms with van der Waals surface area (Å²) in [6.45, 7) is 0. The summed E-state index contributed by atoms with van der Waals surface area (Å²) in [4.78, 5) is 11.1. The van der Waals surface area contributed by atoms with E-state index in [1.807, 2.05) is 0 Å². The second-order valence-electron chi connectivity index (χ2n) is 2.87. The van der Waals surface area contributed by atoms with Gasteiger partial charge in [-0.2, -0.15) is 13.2 Å². The number of benzene rings is 1. The van der Waals surface area contributed by atoms with Crippen LogP contribution >= 0.6 is 0 Å². The minimum Gasteiger partial charge on any atom is -0.352 e. The van der Waals surface area contributed by atoms with E-state index in [0.717, 1.165) is 12.1 Å². The Morgan fingerprint density at radius 1 is 1.07 bits per heavy atom. The van der Waals surface area contributed by atoms with Crippen molar-refractivity contribution in [2.24, 2.45) is 0 Å². The number of rotatable bonds is 2. The maximum absolute atomic E-state index is 12.0. The van der Waals surface area contributed by atoms with Gasteiger partial charge in [-0.3, -0.25) is 4.79 Å². The van der Waals surface area contributed by atoms with Crippen LogP contribution in [-0.2, 0) is 0 Å². The van der Waals surface area contributed by atoms with Crippen LogP contribution in [0.1, 0.15) is 10.4 Å². The van der Waals surface area contributed by atoms with E-state index in [1.54, 1.807) is 0 Å². The normalized spacial score (nSPS) is 12.6. The smallest absolute Gasteiger partial charge is 0.352 e. The van der Waals surface area contributed by atoms with Crippen molar-refractivity contribution >= 4 is 5.78 Å². The maximum atomic E-state index is 12.0. The Morgan fingerprint density at radius 3 is 1.93 bits per heavy atom.